The highest BCUT2D eigenvalue weighted by Gasteiger charge is 2.12. The topological polar surface area (TPSA) is 15.3 Å². The largest absolute Gasteiger partial charge is 0.371 e. The van der Waals surface area contributed by atoms with E-state index in [4.69, 9.17) is 0 Å². The predicted molar refractivity (Wildman–Crippen MR) is 93.9 cm³/mol. The van der Waals surface area contributed by atoms with Gasteiger partial charge >= 0.3 is 0 Å². The Labute approximate surface area is 129 Å². The average Bonchev–Trinajstić information content (AvgIpc) is 2.44. The van der Waals surface area contributed by atoms with Gasteiger partial charge in [-0.25, -0.2) is 0 Å². The summed E-state index contributed by atoms with van der Waals surface area (Å²) in [7, 11) is 2.20. The van der Waals surface area contributed by atoms with Crippen molar-refractivity contribution < 1.29 is 0 Å². The van der Waals surface area contributed by atoms with Crippen LogP contribution in [0.2, 0.25) is 0 Å². The van der Waals surface area contributed by atoms with Gasteiger partial charge in [-0.1, -0.05) is 32.9 Å². The van der Waals surface area contributed by atoms with Crippen molar-refractivity contribution in [2.24, 2.45) is 5.92 Å². The first-order chi connectivity index (χ1) is 9.58. The molecule has 0 saturated carbocycles. The van der Waals surface area contributed by atoms with Gasteiger partial charge in [-0.15, -0.1) is 0 Å². The molecule has 0 spiro atoms. The summed E-state index contributed by atoms with van der Waals surface area (Å²) < 4.78 is 0. The summed E-state index contributed by atoms with van der Waals surface area (Å²) in [4.78, 5) is 2.40. The van der Waals surface area contributed by atoms with Crippen molar-refractivity contribution in [3.05, 3.63) is 29.8 Å². The van der Waals surface area contributed by atoms with Crippen molar-refractivity contribution in [1.82, 2.24) is 5.32 Å². The molecule has 0 bridgehead atoms. The van der Waals surface area contributed by atoms with Crippen LogP contribution in [0.25, 0.3) is 0 Å². The summed E-state index contributed by atoms with van der Waals surface area (Å²) in [5, 5.41) is 3.49. The Morgan fingerprint density at radius 3 is 2.35 bits per heavy atom. The van der Waals surface area contributed by atoms with Gasteiger partial charge in [-0.05, 0) is 42.8 Å². The number of nitrogens with one attached hydrogen (secondary N) is 1. The first-order valence-electron chi connectivity index (χ1n) is 7.59. The van der Waals surface area contributed by atoms with Gasteiger partial charge in [0.05, 0.1) is 0 Å². The molecule has 0 aliphatic heterocycles. The molecule has 20 heavy (non-hydrogen) atoms. The molecule has 1 atom stereocenters. The molecule has 0 amide bonds. The lowest BCUT2D eigenvalue weighted by Crippen LogP contribution is -2.33. The Kier molecular flexibility index (Phi) is 8.08. The van der Waals surface area contributed by atoms with Gasteiger partial charge in [-0.2, -0.15) is 11.8 Å². The molecule has 0 heterocycles. The minimum absolute atomic E-state index is 0.620. The molecular weight excluding hydrogens is 264 g/mol. The van der Waals surface area contributed by atoms with Crippen molar-refractivity contribution in [3.63, 3.8) is 0 Å². The molecule has 0 aliphatic carbocycles. The highest BCUT2D eigenvalue weighted by Crippen LogP contribution is 2.19. The minimum atomic E-state index is 0.620. The maximum Gasteiger partial charge on any atom is 0.0374 e. The van der Waals surface area contributed by atoms with E-state index in [1.807, 2.05) is 11.8 Å². The zero-order valence-corrected chi connectivity index (χ0v) is 14.5. The van der Waals surface area contributed by atoms with Crippen molar-refractivity contribution in [2.45, 2.75) is 39.8 Å². The smallest absolute Gasteiger partial charge is 0.0374 e. The number of anilines is 1. The van der Waals surface area contributed by atoms with Crippen LogP contribution in [0.15, 0.2) is 24.3 Å². The summed E-state index contributed by atoms with van der Waals surface area (Å²) in [5.41, 5.74) is 2.68. The highest BCUT2D eigenvalue weighted by molar-refractivity contribution is 7.98. The molecule has 1 unspecified atom stereocenters. The SMILES string of the molecule is CCC(CSC)N(C)c1ccc(CNCC(C)C)cc1. The minimum Gasteiger partial charge on any atom is -0.371 e. The van der Waals surface area contributed by atoms with Crippen LogP contribution in [0.3, 0.4) is 0 Å². The third-order valence-corrected chi connectivity index (χ3v) is 4.32. The van der Waals surface area contributed by atoms with E-state index in [1.54, 1.807) is 0 Å². The molecule has 2 nitrogen and oxygen atoms in total. The zero-order valence-electron chi connectivity index (χ0n) is 13.6. The molecule has 1 rings (SSSR count). The summed E-state index contributed by atoms with van der Waals surface area (Å²) in [5.74, 6) is 1.89. The second kappa shape index (κ2) is 9.30. The van der Waals surface area contributed by atoms with E-state index in [0.29, 0.717) is 12.0 Å². The van der Waals surface area contributed by atoms with E-state index < -0.39 is 0 Å². The lowest BCUT2D eigenvalue weighted by molar-refractivity contribution is 0.552. The Balaban J connectivity index is 2.56. The van der Waals surface area contributed by atoms with E-state index >= 15 is 0 Å². The number of hydrogen-bond donors (Lipinski definition) is 1. The number of thioether (sulfide) groups is 1. The second-order valence-corrected chi connectivity index (χ2v) is 6.73. The maximum atomic E-state index is 3.49. The standard InChI is InChI=1S/C17H30N2S/c1-6-16(13-20-5)19(4)17-9-7-15(8-10-17)12-18-11-14(2)3/h7-10,14,16,18H,6,11-13H2,1-5H3. The molecule has 1 N–H and O–H groups in total. The second-order valence-electron chi connectivity index (χ2n) is 5.82. The number of benzene rings is 1. The van der Waals surface area contributed by atoms with E-state index in [9.17, 15) is 0 Å². The summed E-state index contributed by atoms with van der Waals surface area (Å²) in [6.07, 6.45) is 3.37. The first-order valence-corrected chi connectivity index (χ1v) is 8.99. The highest BCUT2D eigenvalue weighted by atomic mass is 32.2. The lowest BCUT2D eigenvalue weighted by atomic mass is 10.1. The summed E-state index contributed by atoms with van der Waals surface area (Å²) in [6, 6.07) is 9.59. The van der Waals surface area contributed by atoms with Gasteiger partial charge in [0.25, 0.3) is 0 Å². The molecule has 114 valence electrons. The molecule has 0 saturated heterocycles. The van der Waals surface area contributed by atoms with Gasteiger partial charge < -0.3 is 10.2 Å². The van der Waals surface area contributed by atoms with Crippen LogP contribution in [-0.2, 0) is 6.54 Å². The number of rotatable bonds is 9. The van der Waals surface area contributed by atoms with Gasteiger partial charge in [0.2, 0.25) is 0 Å². The molecule has 0 fully saturated rings. The quantitative estimate of drug-likeness (QED) is 0.741. The van der Waals surface area contributed by atoms with Crippen LogP contribution in [0, 0.1) is 5.92 Å². The summed E-state index contributed by atoms with van der Waals surface area (Å²) >= 11 is 1.92. The van der Waals surface area contributed by atoms with Gasteiger partial charge in [-0.3, -0.25) is 0 Å². The van der Waals surface area contributed by atoms with E-state index in [-0.39, 0.29) is 0 Å². The third-order valence-electron chi connectivity index (χ3n) is 3.60. The molecule has 0 radical (unpaired) electrons. The van der Waals surface area contributed by atoms with E-state index in [0.717, 1.165) is 13.1 Å². The van der Waals surface area contributed by atoms with Crippen LogP contribution < -0.4 is 10.2 Å². The van der Waals surface area contributed by atoms with Crippen LogP contribution in [0.1, 0.15) is 32.8 Å². The van der Waals surface area contributed by atoms with Crippen molar-refractivity contribution in [3.8, 4) is 0 Å². The Hall–Kier alpha value is -0.670. The Morgan fingerprint density at radius 1 is 1.20 bits per heavy atom. The average molecular weight is 295 g/mol. The number of nitrogens with zero attached hydrogens (tertiary/aromatic N) is 1. The fourth-order valence-electron chi connectivity index (χ4n) is 2.26. The van der Waals surface area contributed by atoms with Crippen molar-refractivity contribution in [1.29, 1.82) is 0 Å². The fraction of sp³-hybridized carbons (Fsp3) is 0.647. The van der Waals surface area contributed by atoms with Crippen molar-refractivity contribution in [2.75, 3.05) is 30.5 Å². The lowest BCUT2D eigenvalue weighted by Gasteiger charge is -2.29. The van der Waals surface area contributed by atoms with Crippen LogP contribution >= 0.6 is 11.8 Å². The zero-order chi connectivity index (χ0) is 15.0. The molecule has 1 aromatic carbocycles. The number of hydrogen-bond acceptors (Lipinski definition) is 3. The molecule has 0 aliphatic rings. The van der Waals surface area contributed by atoms with E-state index in [2.05, 4.69) is 68.6 Å². The molecule has 3 heteroatoms. The fourth-order valence-corrected chi connectivity index (χ4v) is 3.10. The van der Waals surface area contributed by atoms with Crippen LogP contribution in [0.4, 0.5) is 5.69 Å². The van der Waals surface area contributed by atoms with Crippen molar-refractivity contribution >= 4 is 17.4 Å². The Morgan fingerprint density at radius 2 is 1.85 bits per heavy atom. The van der Waals surface area contributed by atoms with E-state index in [1.165, 1.54) is 23.4 Å². The molecule has 1 aromatic rings. The monoisotopic (exact) mass is 294 g/mol. The maximum absolute atomic E-state index is 3.49. The predicted octanol–water partition coefficient (Wildman–Crippen LogP) is 4.01. The Bertz CT molecular complexity index is 362. The van der Waals surface area contributed by atoms with Crippen LogP contribution in [0.5, 0.6) is 0 Å². The summed E-state index contributed by atoms with van der Waals surface area (Å²) in [6.45, 7) is 8.78. The third kappa shape index (κ3) is 5.76. The first kappa shape index (κ1) is 17.4. The molecule has 0 aromatic heterocycles. The van der Waals surface area contributed by atoms with Crippen LogP contribution in [-0.4, -0.2) is 31.6 Å². The van der Waals surface area contributed by atoms with Gasteiger partial charge in [0.15, 0.2) is 0 Å². The van der Waals surface area contributed by atoms with Gasteiger partial charge in [0.1, 0.15) is 0 Å². The van der Waals surface area contributed by atoms with Gasteiger partial charge in [0, 0.05) is 31.1 Å². The molecular formula is C17H30N2S. The normalized spacial score (nSPS) is 12.7.